The SMILES string of the molecule is CCC1NCCN(CC(C)C)C1=O. The third kappa shape index (κ3) is 2.69. The molecule has 3 nitrogen and oxygen atoms in total. The molecule has 1 amide bonds. The van der Waals surface area contributed by atoms with E-state index >= 15 is 0 Å². The van der Waals surface area contributed by atoms with Gasteiger partial charge in [-0.05, 0) is 12.3 Å². The van der Waals surface area contributed by atoms with Gasteiger partial charge in [-0.2, -0.15) is 0 Å². The maximum Gasteiger partial charge on any atom is 0.239 e. The van der Waals surface area contributed by atoms with Crippen LogP contribution in [0.25, 0.3) is 0 Å². The number of hydrogen-bond acceptors (Lipinski definition) is 2. The van der Waals surface area contributed by atoms with Crippen molar-refractivity contribution in [3.8, 4) is 0 Å². The summed E-state index contributed by atoms with van der Waals surface area (Å²) in [5.41, 5.74) is 0. The minimum Gasteiger partial charge on any atom is -0.340 e. The van der Waals surface area contributed by atoms with E-state index in [-0.39, 0.29) is 11.9 Å². The smallest absolute Gasteiger partial charge is 0.239 e. The number of amides is 1. The summed E-state index contributed by atoms with van der Waals surface area (Å²) >= 11 is 0. The molecule has 1 atom stereocenters. The average molecular weight is 184 g/mol. The molecule has 0 aliphatic carbocycles. The molecule has 1 aliphatic rings. The van der Waals surface area contributed by atoms with Gasteiger partial charge in [0.15, 0.2) is 0 Å². The van der Waals surface area contributed by atoms with Gasteiger partial charge in [-0.1, -0.05) is 20.8 Å². The zero-order valence-electron chi connectivity index (χ0n) is 8.84. The van der Waals surface area contributed by atoms with Gasteiger partial charge in [-0.25, -0.2) is 0 Å². The first-order valence-corrected chi connectivity index (χ1v) is 5.17. The molecule has 1 saturated heterocycles. The molecule has 1 unspecified atom stereocenters. The van der Waals surface area contributed by atoms with Gasteiger partial charge in [0.2, 0.25) is 5.91 Å². The van der Waals surface area contributed by atoms with Crippen molar-refractivity contribution in [1.29, 1.82) is 0 Å². The third-order valence-electron chi connectivity index (χ3n) is 2.38. The first-order chi connectivity index (χ1) is 6.15. The molecule has 0 saturated carbocycles. The lowest BCUT2D eigenvalue weighted by Crippen LogP contribution is -2.55. The molecule has 0 aromatic heterocycles. The number of nitrogens with one attached hydrogen (secondary N) is 1. The van der Waals surface area contributed by atoms with E-state index in [1.54, 1.807) is 0 Å². The third-order valence-corrected chi connectivity index (χ3v) is 2.38. The Morgan fingerprint density at radius 2 is 2.31 bits per heavy atom. The molecule has 0 aromatic carbocycles. The van der Waals surface area contributed by atoms with Crippen LogP contribution in [0.15, 0.2) is 0 Å². The van der Waals surface area contributed by atoms with Gasteiger partial charge in [0.25, 0.3) is 0 Å². The van der Waals surface area contributed by atoms with Crippen molar-refractivity contribution >= 4 is 5.91 Å². The minimum absolute atomic E-state index is 0.0625. The zero-order chi connectivity index (χ0) is 9.84. The molecule has 0 bridgehead atoms. The van der Waals surface area contributed by atoms with E-state index in [1.807, 2.05) is 4.90 Å². The van der Waals surface area contributed by atoms with Gasteiger partial charge in [0, 0.05) is 19.6 Å². The van der Waals surface area contributed by atoms with E-state index in [2.05, 4.69) is 26.1 Å². The molecule has 1 aliphatic heterocycles. The largest absolute Gasteiger partial charge is 0.340 e. The minimum atomic E-state index is 0.0625. The fourth-order valence-electron chi connectivity index (χ4n) is 1.73. The van der Waals surface area contributed by atoms with Crippen LogP contribution in [0.2, 0.25) is 0 Å². The number of nitrogens with zero attached hydrogens (tertiary/aromatic N) is 1. The van der Waals surface area contributed by atoms with E-state index < -0.39 is 0 Å². The van der Waals surface area contributed by atoms with Crippen LogP contribution >= 0.6 is 0 Å². The van der Waals surface area contributed by atoms with Gasteiger partial charge in [0.1, 0.15) is 0 Å². The molecule has 13 heavy (non-hydrogen) atoms. The molecule has 0 aromatic rings. The topological polar surface area (TPSA) is 32.3 Å². The average Bonchev–Trinajstić information content (AvgIpc) is 2.08. The van der Waals surface area contributed by atoms with Gasteiger partial charge in [-0.3, -0.25) is 4.79 Å². The molecule has 1 rings (SSSR count). The maximum absolute atomic E-state index is 11.8. The van der Waals surface area contributed by atoms with E-state index in [0.29, 0.717) is 5.92 Å². The highest BCUT2D eigenvalue weighted by molar-refractivity contribution is 5.82. The Bertz CT molecular complexity index is 180. The van der Waals surface area contributed by atoms with Crippen molar-refractivity contribution < 1.29 is 4.79 Å². The number of carbonyl (C=O) groups is 1. The summed E-state index contributed by atoms with van der Waals surface area (Å²) in [5, 5.41) is 3.23. The van der Waals surface area contributed by atoms with Crippen LogP contribution < -0.4 is 5.32 Å². The van der Waals surface area contributed by atoms with Crippen LogP contribution in [0.4, 0.5) is 0 Å². The molecule has 0 radical (unpaired) electrons. The van der Waals surface area contributed by atoms with Gasteiger partial charge >= 0.3 is 0 Å². The lowest BCUT2D eigenvalue weighted by atomic mass is 10.1. The van der Waals surface area contributed by atoms with Crippen LogP contribution in [0.3, 0.4) is 0 Å². The first kappa shape index (κ1) is 10.5. The van der Waals surface area contributed by atoms with Crippen LogP contribution in [-0.4, -0.2) is 36.5 Å². The summed E-state index contributed by atoms with van der Waals surface area (Å²) < 4.78 is 0. The second-order valence-electron chi connectivity index (χ2n) is 4.09. The molecule has 0 spiro atoms. The quantitative estimate of drug-likeness (QED) is 0.705. The Morgan fingerprint density at radius 1 is 1.62 bits per heavy atom. The number of carbonyl (C=O) groups excluding carboxylic acids is 1. The molecule has 1 N–H and O–H groups in total. The highest BCUT2D eigenvalue weighted by Crippen LogP contribution is 2.07. The Balaban J connectivity index is 2.50. The lowest BCUT2D eigenvalue weighted by molar-refractivity contribution is -0.136. The number of rotatable bonds is 3. The highest BCUT2D eigenvalue weighted by Gasteiger charge is 2.26. The molecule has 1 fully saturated rings. The number of hydrogen-bond donors (Lipinski definition) is 1. The van der Waals surface area contributed by atoms with Crippen LogP contribution in [-0.2, 0) is 4.79 Å². The second-order valence-corrected chi connectivity index (χ2v) is 4.09. The fourth-order valence-corrected chi connectivity index (χ4v) is 1.73. The lowest BCUT2D eigenvalue weighted by Gasteiger charge is -2.33. The van der Waals surface area contributed by atoms with Crippen molar-refractivity contribution in [2.24, 2.45) is 5.92 Å². The monoisotopic (exact) mass is 184 g/mol. The summed E-state index contributed by atoms with van der Waals surface area (Å²) in [5.74, 6) is 0.849. The predicted molar refractivity (Wildman–Crippen MR) is 53.5 cm³/mol. The van der Waals surface area contributed by atoms with E-state index in [0.717, 1.165) is 26.1 Å². The Labute approximate surface area is 80.5 Å². The summed E-state index contributed by atoms with van der Waals surface area (Å²) in [7, 11) is 0. The summed E-state index contributed by atoms with van der Waals surface area (Å²) in [6.07, 6.45) is 0.896. The van der Waals surface area contributed by atoms with Gasteiger partial charge < -0.3 is 10.2 Å². The van der Waals surface area contributed by atoms with E-state index in [4.69, 9.17) is 0 Å². The van der Waals surface area contributed by atoms with Crippen molar-refractivity contribution in [3.63, 3.8) is 0 Å². The maximum atomic E-state index is 11.8. The zero-order valence-corrected chi connectivity index (χ0v) is 8.84. The summed E-state index contributed by atoms with van der Waals surface area (Å²) in [4.78, 5) is 13.7. The molecular weight excluding hydrogens is 164 g/mol. The van der Waals surface area contributed by atoms with Crippen molar-refractivity contribution in [2.45, 2.75) is 33.2 Å². The summed E-state index contributed by atoms with van der Waals surface area (Å²) in [6.45, 7) is 9.06. The Kier molecular flexibility index (Phi) is 3.72. The standard InChI is InChI=1S/C10H20N2O/c1-4-9-10(13)12(6-5-11-9)7-8(2)3/h8-9,11H,4-7H2,1-3H3. The second kappa shape index (κ2) is 4.61. The van der Waals surface area contributed by atoms with E-state index in [9.17, 15) is 4.79 Å². The van der Waals surface area contributed by atoms with Gasteiger partial charge in [0.05, 0.1) is 6.04 Å². The summed E-state index contributed by atoms with van der Waals surface area (Å²) in [6, 6.07) is 0.0625. The first-order valence-electron chi connectivity index (χ1n) is 5.17. The normalized spacial score (nSPS) is 24.2. The molecule has 3 heteroatoms. The van der Waals surface area contributed by atoms with E-state index in [1.165, 1.54) is 0 Å². The van der Waals surface area contributed by atoms with Crippen LogP contribution in [0.1, 0.15) is 27.2 Å². The highest BCUT2D eigenvalue weighted by atomic mass is 16.2. The van der Waals surface area contributed by atoms with Crippen molar-refractivity contribution in [2.75, 3.05) is 19.6 Å². The Morgan fingerprint density at radius 3 is 2.85 bits per heavy atom. The Hall–Kier alpha value is -0.570. The fraction of sp³-hybridized carbons (Fsp3) is 0.900. The molecular formula is C10H20N2O. The molecule has 76 valence electrons. The van der Waals surface area contributed by atoms with Crippen LogP contribution in [0.5, 0.6) is 0 Å². The number of piperazine rings is 1. The molecule has 1 heterocycles. The van der Waals surface area contributed by atoms with Crippen molar-refractivity contribution in [1.82, 2.24) is 10.2 Å². The van der Waals surface area contributed by atoms with Crippen molar-refractivity contribution in [3.05, 3.63) is 0 Å². The van der Waals surface area contributed by atoms with Gasteiger partial charge in [-0.15, -0.1) is 0 Å². The predicted octanol–water partition coefficient (Wildman–Crippen LogP) is 0.853. The van der Waals surface area contributed by atoms with Crippen LogP contribution in [0, 0.1) is 5.92 Å².